The number of nitrogens with one attached hydrogen (secondary N) is 2. The minimum absolute atomic E-state index is 0.0501. The van der Waals surface area contributed by atoms with E-state index in [2.05, 4.69) is 15.1 Å². The summed E-state index contributed by atoms with van der Waals surface area (Å²) in [5.74, 6) is -0.411. The van der Waals surface area contributed by atoms with Crippen molar-refractivity contribution in [3.63, 3.8) is 0 Å². The van der Waals surface area contributed by atoms with Gasteiger partial charge in [-0.15, -0.1) is 0 Å². The molecule has 2 N–H and O–H groups in total. The van der Waals surface area contributed by atoms with E-state index in [1.54, 1.807) is 35.9 Å². The number of nitrogens with zero attached hydrogens (tertiary/aromatic N) is 2. The lowest BCUT2D eigenvalue weighted by Gasteiger charge is -2.13. The molecule has 0 spiro atoms. The van der Waals surface area contributed by atoms with Gasteiger partial charge in [-0.25, -0.2) is 13.1 Å². The average Bonchev–Trinajstić information content (AvgIpc) is 3.09. The van der Waals surface area contributed by atoms with Gasteiger partial charge in [0.1, 0.15) is 0 Å². The molecule has 34 heavy (non-hydrogen) atoms. The third kappa shape index (κ3) is 4.72. The number of aromatic nitrogens is 2. The zero-order valence-corrected chi connectivity index (χ0v) is 20.3. The zero-order chi connectivity index (χ0) is 24.5. The van der Waals surface area contributed by atoms with Gasteiger partial charge < -0.3 is 5.32 Å². The molecule has 0 aliphatic rings. The first-order chi connectivity index (χ1) is 16.2. The smallest absolute Gasteiger partial charge is 0.262 e. The van der Waals surface area contributed by atoms with Gasteiger partial charge in [0.2, 0.25) is 0 Å². The van der Waals surface area contributed by atoms with E-state index in [0.717, 1.165) is 16.9 Å². The Morgan fingerprint density at radius 3 is 2.24 bits per heavy atom. The molecule has 0 atom stereocenters. The number of hydrogen-bond donors (Lipinski definition) is 2. The number of benzene rings is 3. The molecule has 4 aromatic rings. The summed E-state index contributed by atoms with van der Waals surface area (Å²) in [4.78, 5) is 13.1. The second-order valence-corrected chi connectivity index (χ2v) is 9.85. The number of carbonyl (C=O) groups excluding carboxylic acids is 1. The van der Waals surface area contributed by atoms with Crippen LogP contribution in [-0.2, 0) is 10.0 Å². The van der Waals surface area contributed by atoms with Crippen LogP contribution < -0.4 is 10.0 Å². The minimum atomic E-state index is -3.88. The van der Waals surface area contributed by atoms with Crippen LogP contribution in [0.3, 0.4) is 0 Å². The Balaban J connectivity index is 1.61. The molecule has 0 saturated heterocycles. The van der Waals surface area contributed by atoms with Crippen molar-refractivity contribution in [1.82, 2.24) is 9.78 Å². The summed E-state index contributed by atoms with van der Waals surface area (Å²) in [7, 11) is -3.88. The Morgan fingerprint density at radius 2 is 1.56 bits per heavy atom. The summed E-state index contributed by atoms with van der Waals surface area (Å²) < 4.78 is 30.5. The van der Waals surface area contributed by atoms with Gasteiger partial charge in [0.15, 0.2) is 0 Å². The summed E-state index contributed by atoms with van der Waals surface area (Å²) in [6.45, 7) is 7.32. The predicted molar refractivity (Wildman–Crippen MR) is 134 cm³/mol. The van der Waals surface area contributed by atoms with Gasteiger partial charge in [-0.3, -0.25) is 9.52 Å². The quantitative estimate of drug-likeness (QED) is 0.404. The van der Waals surface area contributed by atoms with Crippen LogP contribution in [0.5, 0.6) is 0 Å². The first-order valence-corrected chi connectivity index (χ1v) is 12.3. The Morgan fingerprint density at radius 1 is 0.882 bits per heavy atom. The van der Waals surface area contributed by atoms with Crippen molar-refractivity contribution in [2.24, 2.45) is 0 Å². The van der Waals surface area contributed by atoms with Crippen LogP contribution in [0.25, 0.3) is 5.69 Å². The maximum atomic E-state index is 13.1. The number of rotatable bonds is 6. The number of amides is 1. The molecule has 0 bridgehead atoms. The first kappa shape index (κ1) is 23.3. The topological polar surface area (TPSA) is 93.1 Å². The number of sulfonamides is 1. The number of anilines is 2. The lowest BCUT2D eigenvalue weighted by atomic mass is 10.1. The van der Waals surface area contributed by atoms with Crippen LogP contribution >= 0.6 is 0 Å². The van der Waals surface area contributed by atoms with E-state index in [0.29, 0.717) is 22.6 Å². The van der Waals surface area contributed by atoms with Crippen molar-refractivity contribution in [3.8, 4) is 5.69 Å². The number of aryl methyl sites for hydroxylation is 3. The first-order valence-electron chi connectivity index (χ1n) is 10.8. The van der Waals surface area contributed by atoms with E-state index in [4.69, 9.17) is 0 Å². The van der Waals surface area contributed by atoms with Crippen LogP contribution in [0.4, 0.5) is 11.4 Å². The highest BCUT2D eigenvalue weighted by Gasteiger charge is 2.21. The molecule has 3 aromatic carbocycles. The summed E-state index contributed by atoms with van der Waals surface area (Å²) in [5.41, 5.74) is 5.18. The molecular weight excluding hydrogens is 448 g/mol. The SMILES string of the molecule is Cc1ccc(NS(=O)(=O)c2cc(C(=O)Nc3c(C)nn(-c4ccccc4)c3C)ccc2C)cc1. The van der Waals surface area contributed by atoms with Gasteiger partial charge in [0, 0.05) is 11.3 Å². The van der Waals surface area contributed by atoms with Crippen molar-refractivity contribution >= 4 is 27.3 Å². The van der Waals surface area contributed by atoms with Gasteiger partial charge in [-0.2, -0.15) is 5.10 Å². The predicted octanol–water partition coefficient (Wildman–Crippen LogP) is 5.16. The monoisotopic (exact) mass is 474 g/mol. The summed E-state index contributed by atoms with van der Waals surface area (Å²) >= 11 is 0. The maximum absolute atomic E-state index is 13.1. The van der Waals surface area contributed by atoms with Crippen LogP contribution in [-0.4, -0.2) is 24.1 Å². The fourth-order valence-electron chi connectivity index (χ4n) is 3.69. The Hall–Kier alpha value is -3.91. The standard InChI is InChI=1S/C26H26N4O3S/c1-17-10-14-22(15-11-17)29-34(32,33)24-16-21(13-12-18(24)2)26(31)27-25-19(3)28-30(20(25)4)23-8-6-5-7-9-23/h5-16,29H,1-4H3,(H,27,31). The Labute approximate surface area is 199 Å². The van der Waals surface area contributed by atoms with Crippen LogP contribution in [0.2, 0.25) is 0 Å². The molecule has 1 aromatic heterocycles. The molecule has 1 heterocycles. The second kappa shape index (κ2) is 9.15. The minimum Gasteiger partial charge on any atom is -0.319 e. The fourth-order valence-corrected chi connectivity index (χ4v) is 5.02. The average molecular weight is 475 g/mol. The van der Waals surface area contributed by atoms with Crippen LogP contribution in [0.1, 0.15) is 32.9 Å². The second-order valence-electron chi connectivity index (χ2n) is 8.20. The zero-order valence-electron chi connectivity index (χ0n) is 19.5. The Kier molecular flexibility index (Phi) is 6.26. The largest absolute Gasteiger partial charge is 0.319 e. The highest BCUT2D eigenvalue weighted by atomic mass is 32.2. The fraction of sp³-hybridized carbons (Fsp3) is 0.154. The van der Waals surface area contributed by atoms with Gasteiger partial charge in [-0.1, -0.05) is 42.0 Å². The molecular formula is C26H26N4O3S. The number of carbonyl (C=O) groups is 1. The van der Waals surface area contributed by atoms with E-state index in [1.165, 1.54) is 6.07 Å². The van der Waals surface area contributed by atoms with E-state index >= 15 is 0 Å². The molecule has 0 aliphatic heterocycles. The molecule has 174 valence electrons. The highest BCUT2D eigenvalue weighted by molar-refractivity contribution is 7.92. The lowest BCUT2D eigenvalue weighted by Crippen LogP contribution is -2.17. The Bertz CT molecular complexity index is 1460. The summed E-state index contributed by atoms with van der Waals surface area (Å²) in [6.07, 6.45) is 0. The normalized spacial score (nSPS) is 11.3. The molecule has 8 heteroatoms. The van der Waals surface area contributed by atoms with Gasteiger partial charge in [0.25, 0.3) is 15.9 Å². The van der Waals surface area contributed by atoms with Gasteiger partial charge >= 0.3 is 0 Å². The molecule has 0 aliphatic carbocycles. The summed E-state index contributed by atoms with van der Waals surface area (Å²) in [6, 6.07) is 21.3. The van der Waals surface area contributed by atoms with E-state index < -0.39 is 15.9 Å². The van der Waals surface area contributed by atoms with E-state index in [1.807, 2.05) is 63.2 Å². The third-order valence-corrected chi connectivity index (χ3v) is 7.10. The summed E-state index contributed by atoms with van der Waals surface area (Å²) in [5, 5.41) is 7.45. The highest BCUT2D eigenvalue weighted by Crippen LogP contribution is 2.25. The molecule has 0 fully saturated rings. The van der Waals surface area contributed by atoms with Gasteiger partial charge in [-0.05, 0) is 69.7 Å². The maximum Gasteiger partial charge on any atom is 0.262 e. The molecule has 1 amide bonds. The number of para-hydroxylation sites is 1. The van der Waals surface area contributed by atoms with Crippen LogP contribution in [0, 0.1) is 27.7 Å². The van der Waals surface area contributed by atoms with Crippen molar-refractivity contribution < 1.29 is 13.2 Å². The van der Waals surface area contributed by atoms with Gasteiger partial charge in [0.05, 0.1) is 27.7 Å². The molecule has 0 radical (unpaired) electrons. The van der Waals surface area contributed by atoms with E-state index in [-0.39, 0.29) is 10.5 Å². The molecule has 0 unspecified atom stereocenters. The van der Waals surface area contributed by atoms with Crippen LogP contribution in [0.15, 0.2) is 77.7 Å². The van der Waals surface area contributed by atoms with Crippen molar-refractivity contribution in [2.75, 3.05) is 10.0 Å². The number of hydrogen-bond acceptors (Lipinski definition) is 4. The van der Waals surface area contributed by atoms with Crippen molar-refractivity contribution in [3.05, 3.63) is 101 Å². The van der Waals surface area contributed by atoms with Crippen molar-refractivity contribution in [1.29, 1.82) is 0 Å². The molecule has 7 nitrogen and oxygen atoms in total. The van der Waals surface area contributed by atoms with E-state index in [9.17, 15) is 13.2 Å². The van der Waals surface area contributed by atoms with Crippen molar-refractivity contribution in [2.45, 2.75) is 32.6 Å². The third-order valence-electron chi connectivity index (χ3n) is 5.57. The molecule has 0 saturated carbocycles. The molecule has 4 rings (SSSR count). The lowest BCUT2D eigenvalue weighted by molar-refractivity contribution is 0.102.